The van der Waals surface area contributed by atoms with Crippen molar-refractivity contribution in [2.75, 3.05) is 0 Å². The molecule has 78 valence electrons. The molecule has 0 aliphatic heterocycles. The van der Waals surface area contributed by atoms with Gasteiger partial charge in [-0.25, -0.2) is 4.98 Å². The van der Waals surface area contributed by atoms with Crippen LogP contribution in [-0.4, -0.2) is 10.1 Å². The molecule has 1 unspecified atom stereocenters. The zero-order valence-electron chi connectivity index (χ0n) is 8.57. The Balaban J connectivity index is 1.91. The maximum absolute atomic E-state index is 9.96. The van der Waals surface area contributed by atoms with Crippen LogP contribution in [0.1, 0.15) is 48.1 Å². The third kappa shape index (κ3) is 2.34. The van der Waals surface area contributed by atoms with Gasteiger partial charge in [-0.3, -0.25) is 0 Å². The van der Waals surface area contributed by atoms with Gasteiger partial charge in [-0.1, -0.05) is 25.7 Å². The van der Waals surface area contributed by atoms with Crippen molar-refractivity contribution < 1.29 is 5.11 Å². The van der Waals surface area contributed by atoms with Gasteiger partial charge in [0.2, 0.25) is 0 Å². The lowest BCUT2D eigenvalue weighted by Gasteiger charge is -2.13. The molecule has 1 aromatic heterocycles. The van der Waals surface area contributed by atoms with E-state index >= 15 is 0 Å². The van der Waals surface area contributed by atoms with Crippen LogP contribution in [0.4, 0.5) is 0 Å². The van der Waals surface area contributed by atoms with Gasteiger partial charge in [-0.15, -0.1) is 11.3 Å². The number of hydrogen-bond donors (Lipinski definition) is 1. The molecule has 3 heteroatoms. The molecule has 1 heterocycles. The van der Waals surface area contributed by atoms with E-state index in [9.17, 15) is 5.11 Å². The van der Waals surface area contributed by atoms with E-state index in [2.05, 4.69) is 4.98 Å². The molecular formula is C11H17NOS. The maximum atomic E-state index is 9.96. The highest BCUT2D eigenvalue weighted by atomic mass is 32.1. The van der Waals surface area contributed by atoms with Crippen molar-refractivity contribution in [2.45, 2.75) is 45.1 Å². The molecule has 0 amide bonds. The molecule has 2 nitrogen and oxygen atoms in total. The van der Waals surface area contributed by atoms with Gasteiger partial charge in [-0.2, -0.15) is 0 Å². The molecule has 1 aliphatic carbocycles. The van der Waals surface area contributed by atoms with Crippen LogP contribution in [0.2, 0.25) is 0 Å². The Morgan fingerprint density at radius 2 is 2.29 bits per heavy atom. The van der Waals surface area contributed by atoms with E-state index in [-0.39, 0.29) is 6.10 Å². The summed E-state index contributed by atoms with van der Waals surface area (Å²) in [5, 5.41) is 11.0. The van der Waals surface area contributed by atoms with Gasteiger partial charge in [0.15, 0.2) is 0 Å². The Kier molecular flexibility index (Phi) is 3.19. The lowest BCUT2D eigenvalue weighted by atomic mass is 10.00. The maximum Gasteiger partial charge on any atom is 0.0900 e. The highest BCUT2D eigenvalue weighted by Gasteiger charge is 2.20. The number of rotatable bonds is 3. The van der Waals surface area contributed by atoms with Crippen LogP contribution in [-0.2, 0) is 0 Å². The predicted molar refractivity (Wildman–Crippen MR) is 58.4 cm³/mol. The minimum Gasteiger partial charge on any atom is -0.388 e. The van der Waals surface area contributed by atoms with Gasteiger partial charge in [0, 0.05) is 6.20 Å². The van der Waals surface area contributed by atoms with Crippen molar-refractivity contribution in [3.63, 3.8) is 0 Å². The number of aryl methyl sites for hydroxylation is 1. The molecule has 1 N–H and O–H groups in total. The van der Waals surface area contributed by atoms with Crippen molar-refractivity contribution in [1.82, 2.24) is 4.98 Å². The lowest BCUT2D eigenvalue weighted by molar-refractivity contribution is 0.148. The first-order chi connectivity index (χ1) is 6.75. The minimum absolute atomic E-state index is 0.274. The second kappa shape index (κ2) is 4.41. The quantitative estimate of drug-likeness (QED) is 0.833. The van der Waals surface area contributed by atoms with E-state index < -0.39 is 0 Å². The Bertz CT molecular complexity index is 291. The van der Waals surface area contributed by atoms with E-state index in [4.69, 9.17) is 0 Å². The zero-order chi connectivity index (χ0) is 9.97. The molecular weight excluding hydrogens is 194 g/mol. The molecule has 1 saturated carbocycles. The molecule has 2 rings (SSSR count). The predicted octanol–water partition coefficient (Wildman–Crippen LogP) is 3.07. The van der Waals surface area contributed by atoms with Crippen LogP contribution >= 0.6 is 11.3 Å². The van der Waals surface area contributed by atoms with Gasteiger partial charge in [0.1, 0.15) is 0 Å². The molecule has 1 fully saturated rings. The first kappa shape index (κ1) is 10.1. The van der Waals surface area contributed by atoms with Crippen molar-refractivity contribution in [3.8, 4) is 0 Å². The number of aliphatic hydroxyl groups excluding tert-OH is 1. The van der Waals surface area contributed by atoms with Crippen molar-refractivity contribution in [2.24, 2.45) is 5.92 Å². The molecule has 0 radical (unpaired) electrons. The molecule has 0 spiro atoms. The Hall–Kier alpha value is -0.410. The largest absolute Gasteiger partial charge is 0.388 e. The standard InChI is InChI=1S/C11H17NOS/c1-8-12-7-11(14-8)10(13)6-9-4-2-3-5-9/h7,9-10,13H,2-6H2,1H3. The van der Waals surface area contributed by atoms with Gasteiger partial charge in [0.25, 0.3) is 0 Å². The van der Waals surface area contributed by atoms with E-state index in [1.54, 1.807) is 11.3 Å². The Morgan fingerprint density at radius 3 is 2.86 bits per heavy atom. The molecule has 1 aromatic rings. The van der Waals surface area contributed by atoms with Crippen molar-refractivity contribution in [3.05, 3.63) is 16.1 Å². The fraction of sp³-hybridized carbons (Fsp3) is 0.727. The SMILES string of the molecule is Cc1ncc(C(O)CC2CCCC2)s1. The molecule has 1 aliphatic rings. The van der Waals surface area contributed by atoms with Gasteiger partial charge in [0.05, 0.1) is 16.0 Å². The van der Waals surface area contributed by atoms with Gasteiger partial charge < -0.3 is 5.11 Å². The second-order valence-electron chi connectivity index (χ2n) is 4.18. The minimum atomic E-state index is -0.274. The van der Waals surface area contributed by atoms with E-state index in [0.29, 0.717) is 0 Å². The van der Waals surface area contributed by atoms with Gasteiger partial charge >= 0.3 is 0 Å². The van der Waals surface area contributed by atoms with E-state index in [1.165, 1.54) is 25.7 Å². The zero-order valence-corrected chi connectivity index (χ0v) is 9.39. The second-order valence-corrected chi connectivity index (χ2v) is 5.45. The summed E-state index contributed by atoms with van der Waals surface area (Å²) in [7, 11) is 0. The summed E-state index contributed by atoms with van der Waals surface area (Å²) in [4.78, 5) is 5.21. The van der Waals surface area contributed by atoms with Crippen molar-refractivity contribution >= 4 is 11.3 Å². The lowest BCUT2D eigenvalue weighted by Crippen LogP contribution is -2.02. The number of aromatic nitrogens is 1. The third-order valence-electron chi connectivity index (χ3n) is 3.00. The summed E-state index contributed by atoms with van der Waals surface area (Å²) in [6.45, 7) is 1.98. The van der Waals surface area contributed by atoms with Crippen LogP contribution in [0, 0.1) is 12.8 Å². The van der Waals surface area contributed by atoms with Crippen molar-refractivity contribution in [1.29, 1.82) is 0 Å². The molecule has 0 bridgehead atoms. The molecule has 0 saturated heterocycles. The van der Waals surface area contributed by atoms with Crippen LogP contribution in [0.3, 0.4) is 0 Å². The summed E-state index contributed by atoms with van der Waals surface area (Å²) < 4.78 is 0. The topological polar surface area (TPSA) is 33.1 Å². The van der Waals surface area contributed by atoms with E-state index in [0.717, 1.165) is 22.2 Å². The third-order valence-corrected chi connectivity index (χ3v) is 4.01. The first-order valence-electron chi connectivity index (χ1n) is 5.36. The average molecular weight is 211 g/mol. The highest BCUT2D eigenvalue weighted by Crippen LogP contribution is 2.34. The van der Waals surface area contributed by atoms with Crippen LogP contribution in [0.5, 0.6) is 0 Å². The molecule has 1 atom stereocenters. The summed E-state index contributed by atoms with van der Waals surface area (Å²) in [6.07, 6.45) is 7.77. The normalized spacial score (nSPS) is 20.1. The van der Waals surface area contributed by atoms with Crippen LogP contribution < -0.4 is 0 Å². The number of thiazole rings is 1. The van der Waals surface area contributed by atoms with Gasteiger partial charge in [-0.05, 0) is 19.3 Å². The fourth-order valence-corrected chi connectivity index (χ4v) is 2.99. The number of aliphatic hydroxyl groups is 1. The average Bonchev–Trinajstić information content (AvgIpc) is 2.75. The number of nitrogens with zero attached hydrogens (tertiary/aromatic N) is 1. The highest BCUT2D eigenvalue weighted by molar-refractivity contribution is 7.11. The summed E-state index contributed by atoms with van der Waals surface area (Å²) in [5.41, 5.74) is 0. The summed E-state index contributed by atoms with van der Waals surface area (Å²) in [6, 6.07) is 0. The Morgan fingerprint density at radius 1 is 1.57 bits per heavy atom. The summed E-state index contributed by atoms with van der Waals surface area (Å²) in [5.74, 6) is 0.743. The summed E-state index contributed by atoms with van der Waals surface area (Å²) >= 11 is 1.62. The number of hydrogen-bond acceptors (Lipinski definition) is 3. The first-order valence-corrected chi connectivity index (χ1v) is 6.18. The van der Waals surface area contributed by atoms with Crippen LogP contribution in [0.15, 0.2) is 6.20 Å². The fourth-order valence-electron chi connectivity index (χ4n) is 2.21. The van der Waals surface area contributed by atoms with Crippen LogP contribution in [0.25, 0.3) is 0 Å². The molecule has 0 aromatic carbocycles. The smallest absolute Gasteiger partial charge is 0.0900 e. The Labute approximate surface area is 89.0 Å². The monoisotopic (exact) mass is 211 g/mol. The van der Waals surface area contributed by atoms with E-state index in [1.807, 2.05) is 13.1 Å². The molecule has 14 heavy (non-hydrogen) atoms.